The van der Waals surface area contributed by atoms with Crippen LogP contribution in [-0.2, 0) is 9.59 Å². The Balaban J connectivity index is 1.94. The van der Waals surface area contributed by atoms with Gasteiger partial charge in [0, 0.05) is 46.8 Å². The molecule has 0 aromatic carbocycles. The fourth-order valence-corrected chi connectivity index (χ4v) is 3.07. The van der Waals surface area contributed by atoms with Crippen LogP contribution in [0, 0.1) is 0 Å². The van der Waals surface area contributed by atoms with Crippen LogP contribution in [0.1, 0.15) is 25.7 Å². The molecule has 0 aliphatic carbocycles. The molecule has 0 aromatic heterocycles. The van der Waals surface area contributed by atoms with Crippen LogP contribution in [0.25, 0.3) is 0 Å². The molecule has 1 N–H and O–H groups in total. The first-order valence-electron chi connectivity index (χ1n) is 8.03. The third kappa shape index (κ3) is 4.41. The molecule has 2 fully saturated rings. The number of piperazine rings is 1. The van der Waals surface area contributed by atoms with Gasteiger partial charge < -0.3 is 15.1 Å². The molecule has 0 spiro atoms. The molecule has 2 amide bonds. The summed E-state index contributed by atoms with van der Waals surface area (Å²) in [5.74, 6) is 0.251. The molecular formula is C15H28N4O2. The Kier molecular flexibility index (Phi) is 5.99. The van der Waals surface area contributed by atoms with Gasteiger partial charge in [-0.3, -0.25) is 14.5 Å². The lowest BCUT2D eigenvalue weighted by molar-refractivity contribution is -0.139. The Hall–Kier alpha value is -1.14. The van der Waals surface area contributed by atoms with E-state index in [1.54, 1.807) is 19.0 Å². The number of hydrogen-bond acceptors (Lipinski definition) is 4. The number of rotatable bonds is 3. The van der Waals surface area contributed by atoms with Crippen molar-refractivity contribution in [3.63, 3.8) is 0 Å². The summed E-state index contributed by atoms with van der Waals surface area (Å²) in [4.78, 5) is 30.4. The number of nitrogens with one attached hydrogen (secondary N) is 1. The van der Waals surface area contributed by atoms with E-state index in [-0.39, 0.29) is 17.9 Å². The number of likely N-dealkylation sites (tertiary alicyclic amines) is 1. The van der Waals surface area contributed by atoms with E-state index >= 15 is 0 Å². The number of amides is 2. The van der Waals surface area contributed by atoms with Crippen LogP contribution in [0.3, 0.4) is 0 Å². The first-order valence-corrected chi connectivity index (χ1v) is 8.03. The molecule has 2 aliphatic heterocycles. The lowest BCUT2D eigenvalue weighted by atomic mass is 10.1. The minimum atomic E-state index is -0.218. The Morgan fingerprint density at radius 1 is 1.10 bits per heavy atom. The first-order chi connectivity index (χ1) is 10.1. The van der Waals surface area contributed by atoms with Crippen molar-refractivity contribution in [1.29, 1.82) is 0 Å². The fraction of sp³-hybridized carbons (Fsp3) is 0.867. The number of nitrogens with zero attached hydrogens (tertiary/aromatic N) is 3. The Bertz CT molecular complexity index is 365. The molecule has 6 nitrogen and oxygen atoms in total. The van der Waals surface area contributed by atoms with Crippen molar-refractivity contribution in [2.75, 3.05) is 53.4 Å². The molecule has 2 saturated heterocycles. The van der Waals surface area contributed by atoms with E-state index in [1.165, 1.54) is 12.8 Å². The van der Waals surface area contributed by atoms with E-state index < -0.39 is 0 Å². The monoisotopic (exact) mass is 296 g/mol. The zero-order valence-corrected chi connectivity index (χ0v) is 13.3. The highest BCUT2D eigenvalue weighted by molar-refractivity contribution is 5.83. The van der Waals surface area contributed by atoms with Crippen molar-refractivity contribution in [1.82, 2.24) is 20.0 Å². The second-order valence-electron chi connectivity index (χ2n) is 6.22. The highest BCUT2D eigenvalue weighted by atomic mass is 16.2. The van der Waals surface area contributed by atoms with Crippen molar-refractivity contribution in [3.05, 3.63) is 0 Å². The first kappa shape index (κ1) is 16.2. The lowest BCUT2D eigenvalue weighted by Crippen LogP contribution is -2.59. The SMILES string of the molecule is CN(C)C(=O)C1CNCCN1CC(=O)N1CCCCCC1. The van der Waals surface area contributed by atoms with Crippen molar-refractivity contribution < 1.29 is 9.59 Å². The average Bonchev–Trinajstić information content (AvgIpc) is 2.76. The van der Waals surface area contributed by atoms with Crippen LogP contribution in [0.2, 0.25) is 0 Å². The quantitative estimate of drug-likeness (QED) is 0.780. The zero-order valence-electron chi connectivity index (χ0n) is 13.3. The number of hydrogen-bond donors (Lipinski definition) is 1. The van der Waals surface area contributed by atoms with Crippen LogP contribution in [0.15, 0.2) is 0 Å². The van der Waals surface area contributed by atoms with Crippen molar-refractivity contribution in [2.24, 2.45) is 0 Å². The van der Waals surface area contributed by atoms with E-state index in [4.69, 9.17) is 0 Å². The Labute approximate surface area is 127 Å². The van der Waals surface area contributed by atoms with E-state index in [2.05, 4.69) is 5.32 Å². The van der Waals surface area contributed by atoms with Crippen LogP contribution < -0.4 is 5.32 Å². The summed E-state index contributed by atoms with van der Waals surface area (Å²) in [7, 11) is 3.54. The average molecular weight is 296 g/mol. The smallest absolute Gasteiger partial charge is 0.240 e. The molecule has 21 heavy (non-hydrogen) atoms. The highest BCUT2D eigenvalue weighted by Gasteiger charge is 2.31. The normalized spacial score (nSPS) is 24.5. The second-order valence-corrected chi connectivity index (χ2v) is 6.22. The Morgan fingerprint density at radius 3 is 2.38 bits per heavy atom. The molecule has 120 valence electrons. The largest absolute Gasteiger partial charge is 0.347 e. The van der Waals surface area contributed by atoms with Crippen molar-refractivity contribution in [3.8, 4) is 0 Å². The van der Waals surface area contributed by atoms with E-state index in [1.807, 2.05) is 9.80 Å². The summed E-state index contributed by atoms with van der Waals surface area (Å²) in [5, 5.41) is 3.25. The number of likely N-dealkylation sites (N-methyl/N-ethyl adjacent to an activating group) is 1. The predicted octanol–water partition coefficient (Wildman–Crippen LogP) is -0.249. The molecular weight excluding hydrogens is 268 g/mol. The highest BCUT2D eigenvalue weighted by Crippen LogP contribution is 2.12. The molecule has 2 heterocycles. The fourth-order valence-electron chi connectivity index (χ4n) is 3.07. The molecule has 1 unspecified atom stereocenters. The summed E-state index contributed by atoms with van der Waals surface area (Å²) >= 11 is 0. The Morgan fingerprint density at radius 2 is 1.76 bits per heavy atom. The maximum Gasteiger partial charge on any atom is 0.240 e. The maximum absolute atomic E-state index is 12.5. The second kappa shape index (κ2) is 7.75. The summed E-state index contributed by atoms with van der Waals surface area (Å²) < 4.78 is 0. The predicted molar refractivity (Wildman–Crippen MR) is 82.0 cm³/mol. The number of carbonyl (C=O) groups is 2. The summed E-state index contributed by atoms with van der Waals surface area (Å²) in [6, 6.07) is -0.218. The molecule has 0 aromatic rings. The van der Waals surface area contributed by atoms with E-state index in [0.717, 1.165) is 39.0 Å². The van der Waals surface area contributed by atoms with E-state index in [9.17, 15) is 9.59 Å². The third-order valence-corrected chi connectivity index (χ3v) is 4.38. The van der Waals surface area contributed by atoms with Gasteiger partial charge in [-0.15, -0.1) is 0 Å². The van der Waals surface area contributed by atoms with Gasteiger partial charge in [-0.25, -0.2) is 0 Å². The molecule has 6 heteroatoms. The minimum Gasteiger partial charge on any atom is -0.347 e. The molecule has 0 saturated carbocycles. The van der Waals surface area contributed by atoms with Gasteiger partial charge in [-0.2, -0.15) is 0 Å². The van der Waals surface area contributed by atoms with Gasteiger partial charge in [-0.05, 0) is 12.8 Å². The summed E-state index contributed by atoms with van der Waals surface area (Å²) in [6.45, 7) is 4.33. The molecule has 2 aliphatic rings. The van der Waals surface area contributed by atoms with Gasteiger partial charge in [-0.1, -0.05) is 12.8 Å². The van der Waals surface area contributed by atoms with E-state index in [0.29, 0.717) is 13.1 Å². The van der Waals surface area contributed by atoms with Gasteiger partial charge in [0.05, 0.1) is 6.54 Å². The van der Waals surface area contributed by atoms with Crippen LogP contribution in [-0.4, -0.2) is 85.9 Å². The van der Waals surface area contributed by atoms with Gasteiger partial charge in [0.15, 0.2) is 0 Å². The van der Waals surface area contributed by atoms with Crippen molar-refractivity contribution >= 4 is 11.8 Å². The lowest BCUT2D eigenvalue weighted by Gasteiger charge is -2.37. The summed E-state index contributed by atoms with van der Waals surface area (Å²) in [6.07, 6.45) is 4.65. The van der Waals surface area contributed by atoms with Crippen LogP contribution in [0.4, 0.5) is 0 Å². The molecule has 1 atom stereocenters. The van der Waals surface area contributed by atoms with Crippen LogP contribution >= 0.6 is 0 Å². The molecule has 2 rings (SSSR count). The van der Waals surface area contributed by atoms with Gasteiger partial charge in [0.2, 0.25) is 11.8 Å². The third-order valence-electron chi connectivity index (χ3n) is 4.38. The summed E-state index contributed by atoms with van der Waals surface area (Å²) in [5.41, 5.74) is 0. The standard InChI is InChI=1S/C15H28N4O2/c1-17(2)15(21)13-11-16-7-10-19(13)12-14(20)18-8-5-3-4-6-9-18/h13,16H,3-12H2,1-2H3. The van der Waals surface area contributed by atoms with Gasteiger partial charge >= 0.3 is 0 Å². The van der Waals surface area contributed by atoms with Gasteiger partial charge in [0.25, 0.3) is 0 Å². The molecule has 0 bridgehead atoms. The van der Waals surface area contributed by atoms with Crippen LogP contribution in [0.5, 0.6) is 0 Å². The number of carbonyl (C=O) groups excluding carboxylic acids is 2. The minimum absolute atomic E-state index is 0.0749. The zero-order chi connectivity index (χ0) is 15.2. The molecule has 0 radical (unpaired) electrons. The van der Waals surface area contributed by atoms with Gasteiger partial charge in [0.1, 0.15) is 6.04 Å². The van der Waals surface area contributed by atoms with Crippen molar-refractivity contribution in [2.45, 2.75) is 31.7 Å². The topological polar surface area (TPSA) is 55.9 Å². The maximum atomic E-state index is 12.5.